The highest BCUT2D eigenvalue weighted by Gasteiger charge is 2.41. The van der Waals surface area contributed by atoms with Crippen LogP contribution in [0.15, 0.2) is 16.6 Å². The number of aliphatic hydroxyl groups excluding tert-OH is 1. The fourth-order valence-corrected chi connectivity index (χ4v) is 5.06. The first-order chi connectivity index (χ1) is 13.4. The Balaban J connectivity index is 1.37. The lowest BCUT2D eigenvalue weighted by atomic mass is 9.71. The summed E-state index contributed by atoms with van der Waals surface area (Å²) in [6.45, 7) is 0. The van der Waals surface area contributed by atoms with E-state index in [-0.39, 0.29) is 30.7 Å². The molecular formula is C18H22F2N6OS. The monoisotopic (exact) mass is 408 g/mol. The van der Waals surface area contributed by atoms with Crippen LogP contribution in [0.2, 0.25) is 0 Å². The van der Waals surface area contributed by atoms with Crippen LogP contribution in [0.5, 0.6) is 0 Å². The van der Waals surface area contributed by atoms with E-state index in [9.17, 15) is 13.9 Å². The largest absolute Gasteiger partial charge is 0.375 e. The number of aliphatic imine (C=N–C) groups is 1. The fraction of sp³-hybridized carbons (Fsp3) is 0.611. The van der Waals surface area contributed by atoms with Gasteiger partial charge in [0.15, 0.2) is 11.4 Å². The van der Waals surface area contributed by atoms with Crippen molar-refractivity contribution in [1.29, 1.82) is 0 Å². The number of hydrogen-bond donors (Lipinski definition) is 3. The summed E-state index contributed by atoms with van der Waals surface area (Å²) >= 11 is 1.42. The third-order valence-corrected chi connectivity index (χ3v) is 6.88. The predicted octanol–water partition coefficient (Wildman–Crippen LogP) is 3.68. The molecule has 1 unspecified atom stereocenters. The molecule has 2 aromatic heterocycles. The van der Waals surface area contributed by atoms with E-state index in [4.69, 9.17) is 5.73 Å². The molecular weight excluding hydrogens is 386 g/mol. The van der Waals surface area contributed by atoms with Crippen LogP contribution in [0.3, 0.4) is 0 Å². The van der Waals surface area contributed by atoms with Crippen LogP contribution in [0.4, 0.5) is 19.7 Å². The number of aromatic nitrogens is 3. The summed E-state index contributed by atoms with van der Waals surface area (Å²) in [4.78, 5) is 8.84. The number of hydrogen-bond acceptors (Lipinski definition) is 7. The van der Waals surface area contributed by atoms with Crippen molar-refractivity contribution in [1.82, 2.24) is 14.8 Å². The first-order valence-electron chi connectivity index (χ1n) is 9.60. The maximum atomic E-state index is 13.5. The standard InChI is InChI=1S/C18H22F2N6OS/c19-18(20)5-3-9(4-6-18)26-15-12(7-22-26)16(27)25-14(24-15)11-2-1-10(11)13-8-28-17(21)23-13/h7-11,16,27H,1-6H2,(H2,21,23)(H,24,25)/t10-,11-,16?/m1/s1. The second-order valence-electron chi connectivity index (χ2n) is 7.89. The minimum Gasteiger partial charge on any atom is -0.375 e. The number of halogens is 2. The van der Waals surface area contributed by atoms with Crippen LogP contribution in [0.25, 0.3) is 0 Å². The maximum absolute atomic E-state index is 13.5. The molecule has 0 aromatic carbocycles. The molecule has 3 heterocycles. The molecule has 0 bridgehead atoms. The van der Waals surface area contributed by atoms with Crippen LogP contribution in [0.1, 0.15) is 68.0 Å². The Bertz CT molecular complexity index is 915. The van der Waals surface area contributed by atoms with Crippen LogP contribution < -0.4 is 11.1 Å². The van der Waals surface area contributed by atoms with Gasteiger partial charge in [0.1, 0.15) is 11.7 Å². The molecule has 2 fully saturated rings. The highest BCUT2D eigenvalue weighted by atomic mass is 32.1. The number of thiazole rings is 1. The lowest BCUT2D eigenvalue weighted by Crippen LogP contribution is -2.38. The van der Waals surface area contributed by atoms with Crippen molar-refractivity contribution in [3.8, 4) is 0 Å². The van der Waals surface area contributed by atoms with E-state index in [1.165, 1.54) is 11.3 Å². The number of alkyl halides is 2. The molecule has 150 valence electrons. The highest BCUT2D eigenvalue weighted by molar-refractivity contribution is 7.13. The maximum Gasteiger partial charge on any atom is 0.248 e. The molecule has 10 heteroatoms. The van der Waals surface area contributed by atoms with Gasteiger partial charge in [-0.2, -0.15) is 5.10 Å². The van der Waals surface area contributed by atoms with Gasteiger partial charge < -0.3 is 16.2 Å². The summed E-state index contributed by atoms with van der Waals surface area (Å²) in [5.74, 6) is -0.846. The Hall–Kier alpha value is -2.07. The molecule has 7 nitrogen and oxygen atoms in total. The number of nitrogens with one attached hydrogen (secondary N) is 1. The van der Waals surface area contributed by atoms with E-state index in [1.54, 1.807) is 10.9 Å². The van der Waals surface area contributed by atoms with Gasteiger partial charge in [0, 0.05) is 30.1 Å². The van der Waals surface area contributed by atoms with E-state index in [0.29, 0.717) is 35.2 Å². The Morgan fingerprint density at radius 1 is 1.21 bits per heavy atom. The summed E-state index contributed by atoms with van der Waals surface area (Å²) < 4.78 is 28.8. The first-order valence-corrected chi connectivity index (χ1v) is 10.5. The van der Waals surface area contributed by atoms with E-state index in [0.717, 1.165) is 18.5 Å². The molecule has 0 radical (unpaired) electrons. The van der Waals surface area contributed by atoms with Crippen LogP contribution in [0, 0.1) is 5.92 Å². The molecule has 3 aliphatic rings. The number of aliphatic hydroxyl groups is 1. The fourth-order valence-electron chi connectivity index (χ4n) is 4.44. The smallest absolute Gasteiger partial charge is 0.248 e. The zero-order valence-electron chi connectivity index (χ0n) is 15.2. The SMILES string of the molecule is Nc1nc([C@@H]2CC[C@H]2C2=NC(O)c3cnn(C4CCC(F)(F)CC4)c3N2)cs1. The second kappa shape index (κ2) is 6.48. The zero-order chi connectivity index (χ0) is 19.5. The van der Waals surface area contributed by atoms with E-state index in [1.807, 2.05) is 5.38 Å². The van der Waals surface area contributed by atoms with Crippen LogP contribution in [-0.4, -0.2) is 31.6 Å². The highest BCUT2D eigenvalue weighted by Crippen LogP contribution is 2.46. The molecule has 28 heavy (non-hydrogen) atoms. The van der Waals surface area contributed by atoms with Crippen molar-refractivity contribution < 1.29 is 13.9 Å². The average molecular weight is 408 g/mol. The molecule has 0 amide bonds. The van der Waals surface area contributed by atoms with E-state index in [2.05, 4.69) is 20.4 Å². The molecule has 3 atom stereocenters. The number of nitrogen functional groups attached to an aromatic ring is 1. The molecule has 1 aliphatic heterocycles. The van der Waals surface area contributed by atoms with Crippen molar-refractivity contribution in [3.05, 3.63) is 22.8 Å². The zero-order valence-corrected chi connectivity index (χ0v) is 16.0. The summed E-state index contributed by atoms with van der Waals surface area (Å²) in [6.07, 6.45) is 3.00. The van der Waals surface area contributed by atoms with Gasteiger partial charge in [-0.15, -0.1) is 11.3 Å². The van der Waals surface area contributed by atoms with Gasteiger partial charge >= 0.3 is 0 Å². The number of anilines is 2. The topological polar surface area (TPSA) is 101 Å². The molecule has 4 N–H and O–H groups in total. The number of rotatable bonds is 3. The molecule has 0 spiro atoms. The second-order valence-corrected chi connectivity index (χ2v) is 8.78. The number of nitrogens with two attached hydrogens (primary N) is 1. The summed E-state index contributed by atoms with van der Waals surface area (Å²) in [5, 5.41) is 20.8. The lowest BCUT2D eigenvalue weighted by molar-refractivity contribution is -0.0448. The van der Waals surface area contributed by atoms with Gasteiger partial charge in [-0.1, -0.05) is 0 Å². The Labute approximate surface area is 164 Å². The van der Waals surface area contributed by atoms with Crippen molar-refractivity contribution in [2.24, 2.45) is 10.9 Å². The Kier molecular flexibility index (Phi) is 4.16. The van der Waals surface area contributed by atoms with Gasteiger partial charge in [0.25, 0.3) is 0 Å². The summed E-state index contributed by atoms with van der Waals surface area (Å²) in [5.41, 5.74) is 7.33. The van der Waals surface area contributed by atoms with Crippen molar-refractivity contribution in [2.75, 3.05) is 11.1 Å². The lowest BCUT2D eigenvalue weighted by Gasteiger charge is -2.38. The van der Waals surface area contributed by atoms with Gasteiger partial charge in [-0.25, -0.2) is 23.4 Å². The first kappa shape index (κ1) is 18.0. The molecule has 2 aliphatic carbocycles. The van der Waals surface area contributed by atoms with Gasteiger partial charge in [-0.3, -0.25) is 0 Å². The van der Waals surface area contributed by atoms with Crippen molar-refractivity contribution in [2.45, 2.75) is 62.6 Å². The Morgan fingerprint density at radius 3 is 2.61 bits per heavy atom. The number of amidine groups is 1. The van der Waals surface area contributed by atoms with Gasteiger partial charge in [0.2, 0.25) is 5.92 Å². The molecule has 2 saturated carbocycles. The van der Waals surface area contributed by atoms with Gasteiger partial charge in [-0.05, 0) is 25.7 Å². The minimum absolute atomic E-state index is 0.0991. The molecule has 0 saturated heterocycles. The average Bonchev–Trinajstić information content (AvgIpc) is 3.21. The number of fused-ring (bicyclic) bond motifs is 1. The van der Waals surface area contributed by atoms with Crippen molar-refractivity contribution >= 4 is 28.1 Å². The van der Waals surface area contributed by atoms with E-state index < -0.39 is 12.2 Å². The summed E-state index contributed by atoms with van der Waals surface area (Å²) in [7, 11) is 0. The quantitative estimate of drug-likeness (QED) is 0.719. The molecule has 5 rings (SSSR count). The normalized spacial score (nSPS) is 29.5. The number of nitrogens with zero attached hydrogens (tertiary/aromatic N) is 4. The summed E-state index contributed by atoms with van der Waals surface area (Å²) in [6, 6.07) is -0.0991. The minimum atomic E-state index is -2.59. The third-order valence-electron chi connectivity index (χ3n) is 6.19. The predicted molar refractivity (Wildman–Crippen MR) is 103 cm³/mol. The molecule has 2 aromatic rings. The van der Waals surface area contributed by atoms with Gasteiger partial charge in [0.05, 0.1) is 23.5 Å². The van der Waals surface area contributed by atoms with Crippen molar-refractivity contribution in [3.63, 3.8) is 0 Å². The van der Waals surface area contributed by atoms with E-state index >= 15 is 0 Å². The third kappa shape index (κ3) is 2.98. The van der Waals surface area contributed by atoms with Crippen LogP contribution in [-0.2, 0) is 0 Å². The Morgan fingerprint density at radius 2 is 1.96 bits per heavy atom. The van der Waals surface area contributed by atoms with Crippen LogP contribution >= 0.6 is 11.3 Å².